The Morgan fingerprint density at radius 1 is 1.33 bits per heavy atom. The minimum absolute atomic E-state index is 0.0829. The summed E-state index contributed by atoms with van der Waals surface area (Å²) in [6.07, 6.45) is 1.09. The highest BCUT2D eigenvalue weighted by atomic mass is 28.2. The molecule has 0 aliphatic carbocycles. The van der Waals surface area contributed by atoms with Gasteiger partial charge in [-0.25, -0.2) is 0 Å². The molecule has 74 valence electrons. The van der Waals surface area contributed by atoms with Crippen molar-refractivity contribution in [3.05, 3.63) is 0 Å². The first kappa shape index (κ1) is 12.1. The van der Waals surface area contributed by atoms with Crippen LogP contribution in [0.5, 0.6) is 0 Å². The predicted octanol–water partition coefficient (Wildman–Crippen LogP) is 0.901. The molecule has 0 heterocycles. The predicted molar refractivity (Wildman–Crippen MR) is 57.1 cm³/mol. The summed E-state index contributed by atoms with van der Waals surface area (Å²) in [5, 5.41) is 3.31. The van der Waals surface area contributed by atoms with Gasteiger partial charge >= 0.3 is 0 Å². The van der Waals surface area contributed by atoms with Gasteiger partial charge in [-0.1, -0.05) is 27.7 Å². The molecule has 12 heavy (non-hydrogen) atoms. The molecule has 0 aromatic heterocycles. The summed E-state index contributed by atoms with van der Waals surface area (Å²) in [6, 6.07) is 0. The van der Waals surface area contributed by atoms with Crippen molar-refractivity contribution in [2.75, 3.05) is 7.05 Å². The Hall–Kier alpha value is 0.137. The summed E-state index contributed by atoms with van der Waals surface area (Å²) in [5.74, 6) is 1.20. The normalized spacial score (nSPS) is 17.2. The van der Waals surface area contributed by atoms with Crippen LogP contribution in [0.1, 0.15) is 34.1 Å². The molecule has 2 nitrogen and oxygen atoms in total. The molecule has 0 aromatic rings. The molecule has 0 rings (SSSR count). The Balaban J connectivity index is 4.35. The maximum Gasteiger partial charge on any atom is 0.148 e. The topological polar surface area (TPSA) is 21.3 Å². The van der Waals surface area contributed by atoms with Crippen LogP contribution in [0.4, 0.5) is 0 Å². The molecule has 0 amide bonds. The SMILES string of the molecule is CNC(CC(C)C)(O[SiH3])C(C)C. The number of hydrogen-bond donors (Lipinski definition) is 1. The van der Waals surface area contributed by atoms with Crippen LogP contribution in [0.25, 0.3) is 0 Å². The zero-order valence-electron chi connectivity index (χ0n) is 9.27. The van der Waals surface area contributed by atoms with Crippen LogP contribution in [0.15, 0.2) is 0 Å². The highest BCUT2D eigenvalue weighted by Gasteiger charge is 2.31. The van der Waals surface area contributed by atoms with Crippen molar-refractivity contribution in [1.29, 1.82) is 0 Å². The van der Waals surface area contributed by atoms with Crippen LogP contribution < -0.4 is 5.32 Å². The van der Waals surface area contributed by atoms with Crippen LogP contribution in [0, 0.1) is 11.8 Å². The van der Waals surface area contributed by atoms with Crippen molar-refractivity contribution in [2.24, 2.45) is 11.8 Å². The van der Waals surface area contributed by atoms with Gasteiger partial charge in [0.05, 0.1) is 0 Å². The Bertz CT molecular complexity index is 122. The molecule has 0 saturated carbocycles. The van der Waals surface area contributed by atoms with Crippen molar-refractivity contribution in [1.82, 2.24) is 5.32 Å². The first-order valence-corrected chi connectivity index (χ1v) is 5.54. The fraction of sp³-hybridized carbons (Fsp3) is 1.00. The maximum atomic E-state index is 5.69. The van der Waals surface area contributed by atoms with Crippen molar-refractivity contribution in [3.63, 3.8) is 0 Å². The van der Waals surface area contributed by atoms with E-state index in [4.69, 9.17) is 4.43 Å². The smallest absolute Gasteiger partial charge is 0.148 e. The Kier molecular flexibility index (Phi) is 5.05. The van der Waals surface area contributed by atoms with Gasteiger partial charge in [0.15, 0.2) is 0 Å². The molecular formula is C9H23NOSi. The van der Waals surface area contributed by atoms with Gasteiger partial charge in [0, 0.05) is 0 Å². The lowest BCUT2D eigenvalue weighted by Crippen LogP contribution is -2.50. The van der Waals surface area contributed by atoms with Gasteiger partial charge in [0.25, 0.3) is 0 Å². The van der Waals surface area contributed by atoms with Gasteiger partial charge in [-0.2, -0.15) is 0 Å². The van der Waals surface area contributed by atoms with E-state index >= 15 is 0 Å². The number of rotatable bonds is 5. The maximum absolute atomic E-state index is 5.69. The van der Waals surface area contributed by atoms with Gasteiger partial charge in [0.2, 0.25) is 0 Å². The average Bonchev–Trinajstić information content (AvgIpc) is 1.99. The van der Waals surface area contributed by atoms with Gasteiger partial charge in [0.1, 0.15) is 16.2 Å². The van der Waals surface area contributed by atoms with Crippen molar-refractivity contribution in [3.8, 4) is 0 Å². The third-order valence-electron chi connectivity index (χ3n) is 2.43. The van der Waals surface area contributed by atoms with E-state index in [1.165, 1.54) is 0 Å². The van der Waals surface area contributed by atoms with Crippen LogP contribution in [0.3, 0.4) is 0 Å². The Morgan fingerprint density at radius 3 is 1.92 bits per heavy atom. The molecule has 0 aliphatic heterocycles. The van der Waals surface area contributed by atoms with Crippen molar-refractivity contribution >= 4 is 10.5 Å². The minimum Gasteiger partial charge on any atom is -0.410 e. The van der Waals surface area contributed by atoms with Crippen LogP contribution in [-0.2, 0) is 4.43 Å². The first-order valence-electron chi connectivity index (χ1n) is 4.72. The van der Waals surface area contributed by atoms with E-state index in [0.717, 1.165) is 16.9 Å². The van der Waals surface area contributed by atoms with Crippen LogP contribution >= 0.6 is 0 Å². The van der Waals surface area contributed by atoms with Crippen LogP contribution in [-0.4, -0.2) is 23.3 Å². The van der Waals surface area contributed by atoms with Gasteiger partial charge < -0.3 is 4.43 Å². The molecule has 3 heteroatoms. The summed E-state index contributed by atoms with van der Waals surface area (Å²) in [7, 11) is 2.78. The molecule has 0 aromatic carbocycles. The third-order valence-corrected chi connectivity index (χ3v) is 3.16. The number of hydrogen-bond acceptors (Lipinski definition) is 2. The quantitative estimate of drug-likeness (QED) is 0.512. The molecule has 0 bridgehead atoms. The van der Waals surface area contributed by atoms with E-state index in [0.29, 0.717) is 11.8 Å². The van der Waals surface area contributed by atoms with Crippen molar-refractivity contribution < 1.29 is 4.43 Å². The Labute approximate surface area is 79.6 Å². The number of nitrogens with one attached hydrogen (secondary N) is 1. The van der Waals surface area contributed by atoms with Crippen molar-refractivity contribution in [2.45, 2.75) is 39.8 Å². The van der Waals surface area contributed by atoms with E-state index in [1.807, 2.05) is 7.05 Å². The Morgan fingerprint density at radius 2 is 1.83 bits per heavy atom. The fourth-order valence-corrected chi connectivity index (χ4v) is 2.50. The second-order valence-corrected chi connectivity index (χ2v) is 4.50. The standard InChI is InChI=1S/C9H23NOSi/c1-7(2)6-9(10-5,11-12)8(3)4/h7-8,10H,6H2,1-5,12H3. The molecule has 1 atom stereocenters. The summed E-state index contributed by atoms with van der Waals surface area (Å²) < 4.78 is 5.69. The van der Waals surface area contributed by atoms with E-state index in [-0.39, 0.29) is 5.72 Å². The lowest BCUT2D eigenvalue weighted by Gasteiger charge is -2.38. The molecule has 1 N–H and O–H groups in total. The summed E-state index contributed by atoms with van der Waals surface area (Å²) in [5.41, 5.74) is -0.0829. The van der Waals surface area contributed by atoms with E-state index in [9.17, 15) is 0 Å². The highest BCUT2D eigenvalue weighted by molar-refractivity contribution is 5.98. The molecule has 0 spiro atoms. The van der Waals surface area contributed by atoms with Gasteiger partial charge in [-0.3, -0.25) is 5.32 Å². The highest BCUT2D eigenvalue weighted by Crippen LogP contribution is 2.25. The molecule has 0 saturated heterocycles. The monoisotopic (exact) mass is 189 g/mol. The zero-order chi connectivity index (χ0) is 9.78. The van der Waals surface area contributed by atoms with E-state index in [1.54, 1.807) is 0 Å². The fourth-order valence-electron chi connectivity index (χ4n) is 1.65. The summed E-state index contributed by atoms with van der Waals surface area (Å²) >= 11 is 0. The van der Waals surface area contributed by atoms with E-state index < -0.39 is 0 Å². The lowest BCUT2D eigenvalue weighted by molar-refractivity contribution is -0.0160. The summed E-state index contributed by atoms with van der Waals surface area (Å²) in [6.45, 7) is 8.87. The average molecular weight is 189 g/mol. The second-order valence-electron chi connectivity index (χ2n) is 4.10. The molecule has 0 aliphatic rings. The van der Waals surface area contributed by atoms with Gasteiger partial charge in [-0.15, -0.1) is 0 Å². The summed E-state index contributed by atoms with van der Waals surface area (Å²) in [4.78, 5) is 0. The second kappa shape index (κ2) is 4.99. The van der Waals surface area contributed by atoms with Gasteiger partial charge in [-0.05, 0) is 25.3 Å². The molecular weight excluding hydrogens is 166 g/mol. The third kappa shape index (κ3) is 2.88. The molecule has 0 radical (unpaired) electrons. The zero-order valence-corrected chi connectivity index (χ0v) is 11.3. The molecule has 1 unspecified atom stereocenters. The lowest BCUT2D eigenvalue weighted by atomic mass is 9.90. The molecule has 0 fully saturated rings. The first-order chi connectivity index (χ1) is 5.48. The minimum atomic E-state index is -0.0829. The largest absolute Gasteiger partial charge is 0.410 e. The van der Waals surface area contributed by atoms with E-state index in [2.05, 4.69) is 33.0 Å². The van der Waals surface area contributed by atoms with Crippen LogP contribution in [0.2, 0.25) is 0 Å².